The Kier molecular flexibility index (Phi) is 5.51. The van der Waals surface area contributed by atoms with E-state index >= 15 is 0 Å². The molecule has 0 unspecified atom stereocenters. The second-order valence-electron chi connectivity index (χ2n) is 5.11. The minimum absolute atomic E-state index is 0.274. The first-order chi connectivity index (χ1) is 11.4. The van der Waals surface area contributed by atoms with E-state index in [1.807, 2.05) is 18.2 Å². The maximum Gasteiger partial charge on any atom is 0.269 e. The van der Waals surface area contributed by atoms with Crippen molar-refractivity contribution in [3.8, 4) is 0 Å². The molecule has 0 radical (unpaired) electrons. The number of para-hydroxylation sites is 1. The molecule has 2 rings (SSSR count). The van der Waals surface area contributed by atoms with Gasteiger partial charge in [0.25, 0.3) is 5.91 Å². The fourth-order valence-corrected chi connectivity index (χ4v) is 2.03. The number of benzene rings is 2. The van der Waals surface area contributed by atoms with Crippen LogP contribution in [0.25, 0.3) is 0 Å². The third kappa shape index (κ3) is 5.13. The molecule has 4 N–H and O–H groups in total. The minimum atomic E-state index is -0.405. The Hall–Kier alpha value is -3.35. The molecule has 0 bridgehead atoms. The van der Waals surface area contributed by atoms with E-state index in [1.165, 1.54) is 26.0 Å². The van der Waals surface area contributed by atoms with Gasteiger partial charge in [-0.25, -0.2) is 0 Å². The Morgan fingerprint density at radius 3 is 1.79 bits per heavy atom. The number of anilines is 3. The van der Waals surface area contributed by atoms with E-state index in [2.05, 4.69) is 21.5 Å². The van der Waals surface area contributed by atoms with E-state index in [1.54, 1.807) is 18.2 Å². The van der Waals surface area contributed by atoms with Crippen molar-refractivity contribution in [2.45, 2.75) is 13.8 Å². The summed E-state index contributed by atoms with van der Waals surface area (Å²) in [6.07, 6.45) is 0. The summed E-state index contributed by atoms with van der Waals surface area (Å²) in [5.41, 5.74) is 7.20. The number of rotatable bonds is 5. The molecule has 0 aliphatic carbocycles. The topological polar surface area (TPSA) is 99.3 Å². The van der Waals surface area contributed by atoms with Gasteiger partial charge in [0, 0.05) is 30.8 Å². The normalized spacial score (nSPS) is 9.75. The van der Waals surface area contributed by atoms with Crippen molar-refractivity contribution in [2.75, 3.05) is 16.1 Å². The second-order valence-corrected chi connectivity index (χ2v) is 5.11. The summed E-state index contributed by atoms with van der Waals surface area (Å²) in [6, 6.07) is 13.8. The molecule has 2 aromatic carbocycles. The standard InChI is InChI=1S/C17H18N4O3/c1-11(22)18-15-8-13(9-16(10-15)19-12(2)23)17(24)21-20-14-6-4-3-5-7-14/h3-10,20H,1-2H3,(H,18,22)(H,19,23)(H,21,24). The molecule has 0 aliphatic rings. The molecule has 0 heterocycles. The Balaban J connectivity index is 2.18. The van der Waals surface area contributed by atoms with Gasteiger partial charge < -0.3 is 10.6 Å². The highest BCUT2D eigenvalue weighted by atomic mass is 16.2. The maximum atomic E-state index is 12.3. The Morgan fingerprint density at radius 2 is 1.29 bits per heavy atom. The van der Waals surface area contributed by atoms with Crippen molar-refractivity contribution < 1.29 is 14.4 Å². The first-order valence-corrected chi connectivity index (χ1v) is 7.26. The molecule has 3 amide bonds. The predicted molar refractivity (Wildman–Crippen MR) is 92.6 cm³/mol. The number of carbonyl (C=O) groups is 3. The molecular formula is C17H18N4O3. The Morgan fingerprint density at radius 1 is 0.750 bits per heavy atom. The van der Waals surface area contributed by atoms with Crippen LogP contribution in [-0.2, 0) is 9.59 Å². The number of hydrogen-bond acceptors (Lipinski definition) is 4. The largest absolute Gasteiger partial charge is 0.326 e. The zero-order chi connectivity index (χ0) is 17.5. The zero-order valence-corrected chi connectivity index (χ0v) is 13.3. The van der Waals surface area contributed by atoms with Gasteiger partial charge >= 0.3 is 0 Å². The van der Waals surface area contributed by atoms with Gasteiger partial charge in [0.05, 0.1) is 5.69 Å². The van der Waals surface area contributed by atoms with Crippen LogP contribution in [0.4, 0.5) is 17.1 Å². The van der Waals surface area contributed by atoms with Crippen molar-refractivity contribution in [3.63, 3.8) is 0 Å². The van der Waals surface area contributed by atoms with E-state index in [9.17, 15) is 14.4 Å². The predicted octanol–water partition coefficient (Wildman–Crippen LogP) is 2.36. The summed E-state index contributed by atoms with van der Waals surface area (Å²) in [4.78, 5) is 34.7. The van der Waals surface area contributed by atoms with Crippen molar-refractivity contribution in [1.82, 2.24) is 5.43 Å². The minimum Gasteiger partial charge on any atom is -0.326 e. The van der Waals surface area contributed by atoms with Crippen LogP contribution in [0.3, 0.4) is 0 Å². The molecule has 7 heteroatoms. The van der Waals surface area contributed by atoms with Gasteiger partial charge in [0.1, 0.15) is 0 Å². The molecule has 0 fully saturated rings. The van der Waals surface area contributed by atoms with E-state index in [-0.39, 0.29) is 17.4 Å². The van der Waals surface area contributed by atoms with Crippen molar-refractivity contribution in [1.29, 1.82) is 0 Å². The number of amides is 3. The molecule has 0 aliphatic heterocycles. The maximum absolute atomic E-state index is 12.3. The smallest absolute Gasteiger partial charge is 0.269 e. The molecule has 0 atom stereocenters. The number of hydrogen-bond donors (Lipinski definition) is 4. The highest BCUT2D eigenvalue weighted by Gasteiger charge is 2.10. The fraction of sp³-hybridized carbons (Fsp3) is 0.118. The number of hydrazine groups is 1. The van der Waals surface area contributed by atoms with Gasteiger partial charge in [-0.05, 0) is 30.3 Å². The summed E-state index contributed by atoms with van der Waals surface area (Å²) in [5.74, 6) is -0.954. The first kappa shape index (κ1) is 17.0. The van der Waals surface area contributed by atoms with Crippen LogP contribution in [0, 0.1) is 0 Å². The van der Waals surface area contributed by atoms with Crippen molar-refractivity contribution >= 4 is 34.8 Å². The van der Waals surface area contributed by atoms with Gasteiger partial charge in [0.2, 0.25) is 11.8 Å². The monoisotopic (exact) mass is 326 g/mol. The van der Waals surface area contributed by atoms with Crippen molar-refractivity contribution in [2.24, 2.45) is 0 Å². The van der Waals surface area contributed by atoms with Crippen LogP contribution < -0.4 is 21.5 Å². The average Bonchev–Trinajstić information content (AvgIpc) is 2.52. The fourth-order valence-electron chi connectivity index (χ4n) is 2.03. The summed E-state index contributed by atoms with van der Waals surface area (Å²) in [7, 11) is 0. The van der Waals surface area contributed by atoms with Crippen LogP contribution in [0.15, 0.2) is 48.5 Å². The van der Waals surface area contributed by atoms with Crippen molar-refractivity contribution in [3.05, 3.63) is 54.1 Å². The van der Waals surface area contributed by atoms with Gasteiger partial charge in [0.15, 0.2) is 0 Å². The first-order valence-electron chi connectivity index (χ1n) is 7.26. The average molecular weight is 326 g/mol. The van der Waals surface area contributed by atoms with E-state index in [4.69, 9.17) is 0 Å². The lowest BCUT2D eigenvalue weighted by atomic mass is 10.1. The van der Waals surface area contributed by atoms with E-state index < -0.39 is 5.91 Å². The van der Waals surface area contributed by atoms with Gasteiger partial charge in [-0.3, -0.25) is 25.2 Å². The summed E-state index contributed by atoms with van der Waals surface area (Å²) < 4.78 is 0. The lowest BCUT2D eigenvalue weighted by molar-refractivity contribution is -0.115. The van der Waals surface area contributed by atoms with Crippen LogP contribution in [0.1, 0.15) is 24.2 Å². The quantitative estimate of drug-likeness (QED) is 0.634. The van der Waals surface area contributed by atoms with Crippen LogP contribution in [-0.4, -0.2) is 17.7 Å². The molecule has 7 nitrogen and oxygen atoms in total. The molecule has 0 saturated carbocycles. The van der Waals surface area contributed by atoms with Crippen LogP contribution in [0.2, 0.25) is 0 Å². The van der Waals surface area contributed by atoms with Gasteiger partial charge in [-0.15, -0.1) is 0 Å². The van der Waals surface area contributed by atoms with Crippen LogP contribution >= 0.6 is 0 Å². The van der Waals surface area contributed by atoms with Crippen LogP contribution in [0.5, 0.6) is 0 Å². The highest BCUT2D eigenvalue weighted by molar-refractivity contribution is 6.00. The molecule has 124 valence electrons. The number of nitrogens with one attached hydrogen (secondary N) is 4. The summed E-state index contributed by atoms with van der Waals surface area (Å²) in [5, 5.41) is 5.19. The summed E-state index contributed by atoms with van der Waals surface area (Å²) >= 11 is 0. The molecule has 24 heavy (non-hydrogen) atoms. The molecule has 2 aromatic rings. The lowest BCUT2D eigenvalue weighted by Crippen LogP contribution is -2.29. The van der Waals surface area contributed by atoms with Gasteiger partial charge in [-0.1, -0.05) is 18.2 Å². The van der Waals surface area contributed by atoms with E-state index in [0.29, 0.717) is 11.4 Å². The third-order valence-corrected chi connectivity index (χ3v) is 2.93. The highest BCUT2D eigenvalue weighted by Crippen LogP contribution is 2.19. The Bertz CT molecular complexity index is 725. The summed E-state index contributed by atoms with van der Waals surface area (Å²) in [6.45, 7) is 2.73. The van der Waals surface area contributed by atoms with E-state index in [0.717, 1.165) is 5.69 Å². The SMILES string of the molecule is CC(=O)Nc1cc(NC(C)=O)cc(C(=O)NNc2ccccc2)c1. The molecule has 0 spiro atoms. The molecule has 0 saturated heterocycles. The molecule has 0 aromatic heterocycles. The lowest BCUT2D eigenvalue weighted by Gasteiger charge is -2.12. The number of carbonyl (C=O) groups excluding carboxylic acids is 3. The zero-order valence-electron chi connectivity index (χ0n) is 13.3. The van der Waals surface area contributed by atoms with Gasteiger partial charge in [-0.2, -0.15) is 0 Å². The molecular weight excluding hydrogens is 308 g/mol. The Labute approximate surface area is 139 Å². The third-order valence-electron chi connectivity index (χ3n) is 2.93. The second kappa shape index (κ2) is 7.77.